The van der Waals surface area contributed by atoms with E-state index < -0.39 is 0 Å². The first kappa shape index (κ1) is 38.1. The molecule has 0 saturated heterocycles. The highest BCUT2D eigenvalue weighted by Crippen LogP contribution is 2.62. The predicted octanol–water partition coefficient (Wildman–Crippen LogP) is 15.4. The molecular formula is C61H48N4. The van der Waals surface area contributed by atoms with Crippen LogP contribution in [-0.2, 0) is 5.41 Å². The SMILES string of the molecule is c1ccc(-c2ccc(-c3nc(-c4ccc(-c5ccccc5)cc4)nc(-c4ccc(-c5ccccc5)cc4-n4c5ccccc5c5c(C67CC8CC(CC(C8)C6)C7)cccc54)n3)cc2)cc1. The normalized spacial score (nSPS) is 19.8. The molecule has 0 N–H and O–H groups in total. The Bertz CT molecular complexity index is 3230. The molecule has 65 heavy (non-hydrogen) atoms. The van der Waals surface area contributed by atoms with E-state index in [1.165, 1.54) is 77.0 Å². The van der Waals surface area contributed by atoms with Gasteiger partial charge in [-0.25, -0.2) is 15.0 Å². The monoisotopic (exact) mass is 836 g/mol. The van der Waals surface area contributed by atoms with Crippen LogP contribution in [0.4, 0.5) is 0 Å². The molecule has 2 aromatic heterocycles. The fourth-order valence-electron chi connectivity index (χ4n) is 12.5. The molecule has 312 valence electrons. The van der Waals surface area contributed by atoms with Crippen LogP contribution in [0, 0.1) is 17.8 Å². The Morgan fingerprint density at radius 1 is 0.369 bits per heavy atom. The lowest BCUT2D eigenvalue weighted by Gasteiger charge is -2.57. The van der Waals surface area contributed by atoms with Gasteiger partial charge in [-0.1, -0.05) is 176 Å². The van der Waals surface area contributed by atoms with Crippen LogP contribution in [-0.4, -0.2) is 19.5 Å². The van der Waals surface area contributed by atoms with Gasteiger partial charge in [-0.05, 0) is 125 Å². The van der Waals surface area contributed by atoms with Crippen molar-refractivity contribution in [3.63, 3.8) is 0 Å². The van der Waals surface area contributed by atoms with E-state index in [1.54, 1.807) is 5.56 Å². The summed E-state index contributed by atoms with van der Waals surface area (Å²) >= 11 is 0. The molecule has 4 saturated carbocycles. The molecule has 4 nitrogen and oxygen atoms in total. The van der Waals surface area contributed by atoms with Gasteiger partial charge >= 0.3 is 0 Å². The quantitative estimate of drug-likeness (QED) is 0.153. The van der Waals surface area contributed by atoms with Crippen molar-refractivity contribution < 1.29 is 0 Å². The summed E-state index contributed by atoms with van der Waals surface area (Å²) in [4.78, 5) is 16.1. The summed E-state index contributed by atoms with van der Waals surface area (Å²) in [5, 5.41) is 2.73. The van der Waals surface area contributed by atoms with E-state index in [1.807, 2.05) is 0 Å². The van der Waals surface area contributed by atoms with E-state index >= 15 is 0 Å². The van der Waals surface area contributed by atoms with Crippen LogP contribution >= 0.6 is 0 Å². The van der Waals surface area contributed by atoms with Gasteiger partial charge in [0.05, 0.1) is 16.7 Å². The Hall–Kier alpha value is -7.43. The molecule has 4 fully saturated rings. The lowest BCUT2D eigenvalue weighted by atomic mass is 9.48. The average Bonchev–Trinajstić information content (AvgIpc) is 3.71. The summed E-state index contributed by atoms with van der Waals surface area (Å²) in [6.07, 6.45) is 8.24. The van der Waals surface area contributed by atoms with E-state index in [0.717, 1.165) is 56.8 Å². The fourth-order valence-corrected chi connectivity index (χ4v) is 12.5. The van der Waals surface area contributed by atoms with Crippen molar-refractivity contribution in [2.45, 2.75) is 43.9 Å². The van der Waals surface area contributed by atoms with Gasteiger partial charge < -0.3 is 4.57 Å². The molecule has 10 aromatic rings. The van der Waals surface area contributed by atoms with E-state index in [-0.39, 0.29) is 5.41 Å². The van der Waals surface area contributed by atoms with Crippen molar-refractivity contribution in [3.05, 3.63) is 206 Å². The molecule has 0 amide bonds. The predicted molar refractivity (Wildman–Crippen MR) is 267 cm³/mol. The van der Waals surface area contributed by atoms with Gasteiger partial charge in [0.2, 0.25) is 0 Å². The number of benzene rings is 8. The maximum absolute atomic E-state index is 5.41. The summed E-state index contributed by atoms with van der Waals surface area (Å²) in [7, 11) is 0. The number of nitrogens with zero attached hydrogens (tertiary/aromatic N) is 4. The van der Waals surface area contributed by atoms with Crippen LogP contribution in [0.3, 0.4) is 0 Å². The third-order valence-corrected chi connectivity index (χ3v) is 15.0. The number of rotatable bonds is 8. The minimum atomic E-state index is 0.238. The molecule has 0 radical (unpaired) electrons. The van der Waals surface area contributed by atoms with Crippen molar-refractivity contribution in [3.8, 4) is 73.2 Å². The lowest BCUT2D eigenvalue weighted by molar-refractivity contribution is -0.00447. The maximum atomic E-state index is 5.41. The molecule has 0 unspecified atom stereocenters. The van der Waals surface area contributed by atoms with Gasteiger partial charge in [0.15, 0.2) is 17.5 Å². The van der Waals surface area contributed by atoms with E-state index in [0.29, 0.717) is 17.5 Å². The first-order valence-corrected chi connectivity index (χ1v) is 23.4. The van der Waals surface area contributed by atoms with Crippen LogP contribution in [0.15, 0.2) is 200 Å². The number of aromatic nitrogens is 4. The Labute approximate surface area is 380 Å². The number of hydrogen-bond donors (Lipinski definition) is 0. The minimum Gasteiger partial charge on any atom is -0.308 e. The number of hydrogen-bond acceptors (Lipinski definition) is 3. The summed E-state index contributed by atoms with van der Waals surface area (Å²) in [5.74, 6) is 4.49. The molecule has 4 bridgehead atoms. The second-order valence-electron chi connectivity index (χ2n) is 19.0. The highest BCUT2D eigenvalue weighted by molar-refractivity contribution is 6.12. The summed E-state index contributed by atoms with van der Waals surface area (Å²) in [6, 6.07) is 72.1. The smallest absolute Gasteiger partial charge is 0.166 e. The second kappa shape index (κ2) is 15.4. The fraction of sp³-hybridized carbons (Fsp3) is 0.164. The van der Waals surface area contributed by atoms with Gasteiger partial charge in [-0.15, -0.1) is 0 Å². The molecule has 2 heterocycles. The third kappa shape index (κ3) is 6.62. The van der Waals surface area contributed by atoms with Crippen molar-refractivity contribution >= 4 is 21.8 Å². The summed E-state index contributed by atoms with van der Waals surface area (Å²) in [5.41, 5.74) is 15.1. The maximum Gasteiger partial charge on any atom is 0.166 e. The largest absolute Gasteiger partial charge is 0.308 e. The Balaban J connectivity index is 1.03. The molecule has 4 heteroatoms. The zero-order valence-electron chi connectivity index (χ0n) is 36.3. The van der Waals surface area contributed by atoms with Gasteiger partial charge in [-0.3, -0.25) is 0 Å². The van der Waals surface area contributed by atoms with Crippen LogP contribution in [0.5, 0.6) is 0 Å². The molecule has 0 aliphatic heterocycles. The van der Waals surface area contributed by atoms with Gasteiger partial charge in [0, 0.05) is 27.5 Å². The number of fused-ring (bicyclic) bond motifs is 3. The van der Waals surface area contributed by atoms with Crippen molar-refractivity contribution in [2.24, 2.45) is 17.8 Å². The van der Waals surface area contributed by atoms with Crippen LogP contribution < -0.4 is 0 Å². The van der Waals surface area contributed by atoms with E-state index in [2.05, 4.69) is 205 Å². The van der Waals surface area contributed by atoms with Crippen LogP contribution in [0.2, 0.25) is 0 Å². The molecule has 14 rings (SSSR count). The van der Waals surface area contributed by atoms with Crippen molar-refractivity contribution in [1.29, 1.82) is 0 Å². The third-order valence-electron chi connectivity index (χ3n) is 15.0. The molecule has 8 aromatic carbocycles. The van der Waals surface area contributed by atoms with Crippen LogP contribution in [0.25, 0.3) is 95.0 Å². The molecule has 4 aliphatic rings. The lowest BCUT2D eigenvalue weighted by Crippen LogP contribution is -2.48. The van der Waals surface area contributed by atoms with E-state index in [9.17, 15) is 0 Å². The van der Waals surface area contributed by atoms with Gasteiger partial charge in [-0.2, -0.15) is 0 Å². The summed E-state index contributed by atoms with van der Waals surface area (Å²) < 4.78 is 2.52. The second-order valence-corrected chi connectivity index (χ2v) is 19.0. The zero-order valence-corrected chi connectivity index (χ0v) is 36.3. The standard InChI is InChI=1S/C61H48N4/c1-4-13-43(14-5-1)46-23-27-48(28-24-46)58-62-59(49-29-25-47(26-30-49)44-15-6-2-7-16-44)64-60(63-58)52-32-31-50(45-17-8-3-9-18-45)36-56(52)65-54-21-11-10-19-51(54)57-53(20-12-22-55(57)65)61-37-40-33-41(38-61)35-42(34-40)39-61/h1-32,36,40-42H,33-35,37-39H2. The van der Waals surface area contributed by atoms with Crippen LogP contribution in [0.1, 0.15) is 44.1 Å². The highest BCUT2D eigenvalue weighted by Gasteiger charge is 2.52. The topological polar surface area (TPSA) is 43.6 Å². The minimum absolute atomic E-state index is 0.238. The Morgan fingerprint density at radius 2 is 0.800 bits per heavy atom. The average molecular weight is 837 g/mol. The zero-order chi connectivity index (χ0) is 42.9. The molecule has 4 aliphatic carbocycles. The highest BCUT2D eigenvalue weighted by atomic mass is 15.1. The molecule has 0 atom stereocenters. The summed E-state index contributed by atoms with van der Waals surface area (Å²) in [6.45, 7) is 0. The molecule has 0 spiro atoms. The van der Waals surface area contributed by atoms with Crippen molar-refractivity contribution in [2.75, 3.05) is 0 Å². The Morgan fingerprint density at radius 3 is 1.35 bits per heavy atom. The number of para-hydroxylation sites is 1. The van der Waals surface area contributed by atoms with E-state index in [4.69, 9.17) is 15.0 Å². The van der Waals surface area contributed by atoms with Crippen molar-refractivity contribution in [1.82, 2.24) is 19.5 Å². The first-order valence-electron chi connectivity index (χ1n) is 23.4. The Kier molecular flexibility index (Phi) is 9.01. The van der Waals surface area contributed by atoms with Gasteiger partial charge in [0.1, 0.15) is 0 Å². The van der Waals surface area contributed by atoms with Gasteiger partial charge in [0.25, 0.3) is 0 Å². The first-order chi connectivity index (χ1) is 32.1. The molecular weight excluding hydrogens is 789 g/mol.